The van der Waals surface area contributed by atoms with Gasteiger partial charge in [-0.05, 0) is 24.6 Å². The monoisotopic (exact) mass is 379 g/mol. The Morgan fingerprint density at radius 1 is 1.04 bits per heavy atom. The lowest BCUT2D eigenvalue weighted by atomic mass is 10.0. The summed E-state index contributed by atoms with van der Waals surface area (Å²) in [7, 11) is 1.54. The largest absolute Gasteiger partial charge is 0.491 e. The van der Waals surface area contributed by atoms with Crippen LogP contribution in [0.5, 0.6) is 5.75 Å². The number of para-hydroxylation sites is 1. The quantitative estimate of drug-likeness (QED) is 0.684. The van der Waals surface area contributed by atoms with Gasteiger partial charge < -0.3 is 9.64 Å². The third-order valence-electron chi connectivity index (χ3n) is 4.04. The minimum absolute atomic E-state index is 0.0331. The number of ketones is 1. The van der Waals surface area contributed by atoms with Crippen LogP contribution in [0, 0.1) is 0 Å². The number of hydrogen-bond acceptors (Lipinski definition) is 3. The van der Waals surface area contributed by atoms with Gasteiger partial charge in [0, 0.05) is 12.6 Å². The highest BCUT2D eigenvalue weighted by atomic mass is 19.4. The molecule has 0 spiro atoms. The maximum atomic E-state index is 12.9. The lowest BCUT2D eigenvalue weighted by Crippen LogP contribution is -2.32. The van der Waals surface area contributed by atoms with Gasteiger partial charge in [0.25, 0.3) is 0 Å². The molecule has 2 aromatic carbocycles. The topological polar surface area (TPSA) is 46.6 Å². The van der Waals surface area contributed by atoms with E-state index >= 15 is 0 Å². The molecule has 2 aromatic rings. The standard InChI is InChI=1S/C20H20F3NO3/c1-14(25)16-8-4-3-7-15(16)13-19(26)24(2)11-12-27-18-10-6-5-9-17(18)20(21,22)23/h3-10H,11-13H2,1-2H3. The number of rotatable bonds is 7. The van der Waals surface area contributed by atoms with Crippen LogP contribution in [0.1, 0.15) is 28.4 Å². The molecule has 0 saturated heterocycles. The van der Waals surface area contributed by atoms with E-state index in [4.69, 9.17) is 4.74 Å². The number of nitrogens with zero attached hydrogens (tertiary/aromatic N) is 1. The van der Waals surface area contributed by atoms with Crippen LogP contribution >= 0.6 is 0 Å². The zero-order chi connectivity index (χ0) is 20.0. The summed E-state index contributed by atoms with van der Waals surface area (Å²) in [6.45, 7) is 1.47. The normalized spacial score (nSPS) is 11.1. The zero-order valence-electron chi connectivity index (χ0n) is 15.0. The summed E-state index contributed by atoms with van der Waals surface area (Å²) in [5.41, 5.74) is 0.245. The zero-order valence-corrected chi connectivity index (χ0v) is 15.0. The van der Waals surface area contributed by atoms with E-state index in [-0.39, 0.29) is 37.0 Å². The van der Waals surface area contributed by atoms with Crippen LogP contribution < -0.4 is 4.74 Å². The van der Waals surface area contributed by atoms with E-state index in [0.717, 1.165) is 6.07 Å². The average molecular weight is 379 g/mol. The van der Waals surface area contributed by atoms with Crippen LogP contribution in [0.2, 0.25) is 0 Å². The third kappa shape index (κ3) is 5.57. The maximum absolute atomic E-state index is 12.9. The SMILES string of the molecule is CC(=O)c1ccccc1CC(=O)N(C)CCOc1ccccc1C(F)(F)F. The first-order valence-electron chi connectivity index (χ1n) is 8.32. The molecule has 0 heterocycles. The molecule has 0 aliphatic rings. The predicted molar refractivity (Wildman–Crippen MR) is 94.7 cm³/mol. The van der Waals surface area contributed by atoms with Crippen molar-refractivity contribution >= 4 is 11.7 Å². The molecule has 4 nitrogen and oxygen atoms in total. The molecule has 0 N–H and O–H groups in total. The number of carbonyl (C=O) groups excluding carboxylic acids is 2. The highest BCUT2D eigenvalue weighted by Crippen LogP contribution is 2.35. The fourth-order valence-corrected chi connectivity index (χ4v) is 2.56. The second-order valence-electron chi connectivity index (χ2n) is 6.05. The second kappa shape index (κ2) is 8.70. The first-order valence-corrected chi connectivity index (χ1v) is 8.32. The Bertz CT molecular complexity index is 818. The van der Waals surface area contributed by atoms with Crippen molar-refractivity contribution in [1.82, 2.24) is 4.90 Å². The van der Waals surface area contributed by atoms with Crippen molar-refractivity contribution in [1.29, 1.82) is 0 Å². The number of benzene rings is 2. The molecular weight excluding hydrogens is 359 g/mol. The summed E-state index contributed by atoms with van der Waals surface area (Å²) < 4.78 is 44.0. The first kappa shape index (κ1) is 20.5. The molecule has 2 rings (SSSR count). The molecule has 0 atom stereocenters. The highest BCUT2D eigenvalue weighted by Gasteiger charge is 2.34. The highest BCUT2D eigenvalue weighted by molar-refractivity contribution is 5.96. The number of carbonyl (C=O) groups is 2. The Morgan fingerprint density at radius 2 is 1.67 bits per heavy atom. The molecule has 144 valence electrons. The second-order valence-corrected chi connectivity index (χ2v) is 6.05. The Balaban J connectivity index is 1.94. The Morgan fingerprint density at radius 3 is 2.33 bits per heavy atom. The summed E-state index contributed by atoms with van der Waals surface area (Å²) in [5.74, 6) is -0.655. The number of halogens is 3. The molecule has 0 radical (unpaired) electrons. The average Bonchev–Trinajstić information content (AvgIpc) is 2.61. The predicted octanol–water partition coefficient (Wildman–Crippen LogP) is 3.99. The fourth-order valence-electron chi connectivity index (χ4n) is 2.56. The van der Waals surface area contributed by atoms with E-state index in [2.05, 4.69) is 0 Å². The van der Waals surface area contributed by atoms with Gasteiger partial charge in [0.15, 0.2) is 5.78 Å². The van der Waals surface area contributed by atoms with E-state index in [1.807, 2.05) is 0 Å². The number of alkyl halides is 3. The van der Waals surface area contributed by atoms with Crippen molar-refractivity contribution in [2.24, 2.45) is 0 Å². The van der Waals surface area contributed by atoms with Crippen molar-refractivity contribution in [3.63, 3.8) is 0 Å². The minimum atomic E-state index is -4.51. The van der Waals surface area contributed by atoms with Gasteiger partial charge in [-0.2, -0.15) is 13.2 Å². The van der Waals surface area contributed by atoms with E-state index < -0.39 is 11.7 Å². The summed E-state index contributed by atoms with van der Waals surface area (Å²) in [4.78, 5) is 25.3. The summed E-state index contributed by atoms with van der Waals surface area (Å²) in [6.07, 6.45) is -4.47. The van der Waals surface area contributed by atoms with E-state index in [1.54, 1.807) is 24.3 Å². The van der Waals surface area contributed by atoms with E-state index in [1.165, 1.54) is 37.1 Å². The summed E-state index contributed by atoms with van der Waals surface area (Å²) in [5, 5.41) is 0. The number of ether oxygens (including phenoxy) is 1. The van der Waals surface area contributed by atoms with Crippen LogP contribution in [0.3, 0.4) is 0 Å². The van der Waals surface area contributed by atoms with Crippen molar-refractivity contribution in [2.45, 2.75) is 19.5 Å². The van der Waals surface area contributed by atoms with E-state index in [9.17, 15) is 22.8 Å². The van der Waals surface area contributed by atoms with Gasteiger partial charge in [0.05, 0.1) is 18.5 Å². The number of likely N-dealkylation sites (N-methyl/N-ethyl adjacent to an activating group) is 1. The summed E-state index contributed by atoms with van der Waals surface area (Å²) >= 11 is 0. The minimum Gasteiger partial charge on any atom is -0.491 e. The molecule has 7 heteroatoms. The fraction of sp³-hybridized carbons (Fsp3) is 0.300. The number of amides is 1. The van der Waals surface area contributed by atoms with Crippen LogP contribution in [0.4, 0.5) is 13.2 Å². The first-order chi connectivity index (χ1) is 12.7. The Labute approximate surface area is 155 Å². The van der Waals surface area contributed by atoms with Crippen molar-refractivity contribution in [3.05, 3.63) is 65.2 Å². The molecule has 0 aromatic heterocycles. The molecule has 0 aliphatic heterocycles. The number of hydrogen-bond donors (Lipinski definition) is 0. The van der Waals surface area contributed by atoms with Gasteiger partial charge in [0.1, 0.15) is 12.4 Å². The Hall–Kier alpha value is -2.83. The van der Waals surface area contributed by atoms with Gasteiger partial charge in [-0.25, -0.2) is 0 Å². The van der Waals surface area contributed by atoms with Gasteiger partial charge in [-0.3, -0.25) is 9.59 Å². The van der Waals surface area contributed by atoms with Crippen LogP contribution in [0.15, 0.2) is 48.5 Å². The molecular formula is C20H20F3NO3. The van der Waals surface area contributed by atoms with Crippen molar-refractivity contribution in [3.8, 4) is 5.75 Å². The van der Waals surface area contributed by atoms with Crippen LogP contribution in [-0.2, 0) is 17.4 Å². The van der Waals surface area contributed by atoms with E-state index in [0.29, 0.717) is 11.1 Å². The van der Waals surface area contributed by atoms with Crippen molar-refractivity contribution < 1.29 is 27.5 Å². The molecule has 0 saturated carbocycles. The van der Waals surface area contributed by atoms with Gasteiger partial charge in [0.2, 0.25) is 5.91 Å². The Kier molecular flexibility index (Phi) is 6.60. The molecule has 0 bridgehead atoms. The van der Waals surface area contributed by atoms with Gasteiger partial charge in [-0.1, -0.05) is 36.4 Å². The number of Topliss-reactive ketones (excluding diaryl/α,β-unsaturated/α-hetero) is 1. The molecule has 0 fully saturated rings. The van der Waals surface area contributed by atoms with Crippen LogP contribution in [0.25, 0.3) is 0 Å². The van der Waals surface area contributed by atoms with Gasteiger partial charge >= 0.3 is 6.18 Å². The lowest BCUT2D eigenvalue weighted by molar-refractivity contribution is -0.139. The molecule has 27 heavy (non-hydrogen) atoms. The van der Waals surface area contributed by atoms with Crippen LogP contribution in [-0.4, -0.2) is 36.8 Å². The molecule has 0 aliphatic carbocycles. The maximum Gasteiger partial charge on any atom is 0.419 e. The molecule has 1 amide bonds. The molecule has 0 unspecified atom stereocenters. The smallest absolute Gasteiger partial charge is 0.419 e. The lowest BCUT2D eigenvalue weighted by Gasteiger charge is -2.19. The van der Waals surface area contributed by atoms with Gasteiger partial charge in [-0.15, -0.1) is 0 Å². The van der Waals surface area contributed by atoms with Crippen molar-refractivity contribution in [2.75, 3.05) is 20.2 Å². The third-order valence-corrected chi connectivity index (χ3v) is 4.04. The summed E-state index contributed by atoms with van der Waals surface area (Å²) in [6, 6.07) is 11.8.